The van der Waals surface area contributed by atoms with Gasteiger partial charge in [-0.1, -0.05) is 48.5 Å². The molecule has 1 amide bonds. The molecule has 4 aromatic rings. The molecule has 1 heterocycles. The summed E-state index contributed by atoms with van der Waals surface area (Å²) >= 11 is 0. The second-order valence-electron chi connectivity index (χ2n) is 7.22. The van der Waals surface area contributed by atoms with Crippen LogP contribution in [0.3, 0.4) is 0 Å². The summed E-state index contributed by atoms with van der Waals surface area (Å²) in [5.74, 6) is 0.545. The minimum absolute atomic E-state index is 0.122. The molecular formula is C25H23N3O3. The summed E-state index contributed by atoms with van der Waals surface area (Å²) in [6.45, 7) is 0.354. The van der Waals surface area contributed by atoms with Gasteiger partial charge in [0.05, 0.1) is 12.8 Å². The van der Waals surface area contributed by atoms with Crippen LogP contribution in [0.1, 0.15) is 5.56 Å². The molecule has 0 unspecified atom stereocenters. The van der Waals surface area contributed by atoms with Gasteiger partial charge in [-0.05, 0) is 47.0 Å². The number of hydrogen-bond acceptors (Lipinski definition) is 4. The lowest BCUT2D eigenvalue weighted by atomic mass is 10.1. The van der Waals surface area contributed by atoms with Crippen molar-refractivity contribution in [2.45, 2.75) is 13.0 Å². The average Bonchev–Trinajstić information content (AvgIpc) is 2.80. The molecule has 0 saturated heterocycles. The van der Waals surface area contributed by atoms with Crippen molar-refractivity contribution >= 4 is 16.7 Å². The van der Waals surface area contributed by atoms with Crippen LogP contribution in [0.2, 0.25) is 0 Å². The Labute approximate surface area is 180 Å². The molecule has 1 aromatic heterocycles. The normalized spacial score (nSPS) is 10.7. The van der Waals surface area contributed by atoms with Gasteiger partial charge in [-0.25, -0.2) is 4.68 Å². The highest BCUT2D eigenvalue weighted by molar-refractivity contribution is 5.86. The van der Waals surface area contributed by atoms with Crippen molar-refractivity contribution in [2.75, 3.05) is 13.7 Å². The van der Waals surface area contributed by atoms with Crippen LogP contribution in [0.25, 0.3) is 22.0 Å². The molecule has 0 aliphatic carbocycles. The van der Waals surface area contributed by atoms with E-state index < -0.39 is 0 Å². The summed E-state index contributed by atoms with van der Waals surface area (Å²) in [5.41, 5.74) is 2.33. The van der Waals surface area contributed by atoms with Crippen LogP contribution in [0, 0.1) is 0 Å². The minimum Gasteiger partial charge on any atom is -0.497 e. The zero-order chi connectivity index (χ0) is 21.6. The van der Waals surface area contributed by atoms with E-state index in [0.717, 1.165) is 27.6 Å². The van der Waals surface area contributed by atoms with Crippen LogP contribution in [0.5, 0.6) is 5.75 Å². The average molecular weight is 413 g/mol. The minimum atomic E-state index is -0.310. The Kier molecular flexibility index (Phi) is 6.08. The van der Waals surface area contributed by atoms with Crippen LogP contribution < -0.4 is 15.6 Å². The van der Waals surface area contributed by atoms with E-state index in [1.54, 1.807) is 13.2 Å². The van der Waals surface area contributed by atoms with Gasteiger partial charge < -0.3 is 10.1 Å². The van der Waals surface area contributed by atoms with Gasteiger partial charge in [0, 0.05) is 18.2 Å². The molecule has 6 nitrogen and oxygen atoms in total. The number of methoxy groups -OCH3 is 1. The number of ether oxygens (including phenoxy) is 1. The molecule has 0 aliphatic heterocycles. The third kappa shape index (κ3) is 4.98. The van der Waals surface area contributed by atoms with Crippen molar-refractivity contribution < 1.29 is 9.53 Å². The Morgan fingerprint density at radius 2 is 1.74 bits per heavy atom. The maximum atomic E-state index is 12.3. The van der Waals surface area contributed by atoms with E-state index in [9.17, 15) is 9.59 Å². The number of fused-ring (bicyclic) bond motifs is 1. The summed E-state index contributed by atoms with van der Waals surface area (Å²) in [5, 5.41) is 9.48. The first-order valence-electron chi connectivity index (χ1n) is 10.1. The topological polar surface area (TPSA) is 73.2 Å². The molecule has 31 heavy (non-hydrogen) atoms. The Morgan fingerprint density at radius 1 is 0.968 bits per heavy atom. The van der Waals surface area contributed by atoms with Gasteiger partial charge in [-0.15, -0.1) is 0 Å². The second kappa shape index (κ2) is 9.26. The number of hydrogen-bond donors (Lipinski definition) is 1. The van der Waals surface area contributed by atoms with Crippen molar-refractivity contribution in [1.82, 2.24) is 15.1 Å². The van der Waals surface area contributed by atoms with Crippen LogP contribution in [-0.4, -0.2) is 29.3 Å². The van der Waals surface area contributed by atoms with E-state index in [4.69, 9.17) is 4.74 Å². The predicted octanol–water partition coefficient (Wildman–Crippen LogP) is 3.43. The molecule has 1 N–H and O–H groups in total. The molecule has 0 saturated carbocycles. The van der Waals surface area contributed by atoms with Crippen molar-refractivity contribution in [1.29, 1.82) is 0 Å². The fourth-order valence-electron chi connectivity index (χ4n) is 3.40. The van der Waals surface area contributed by atoms with E-state index in [-0.39, 0.29) is 18.0 Å². The molecule has 3 aromatic carbocycles. The molecule has 0 bridgehead atoms. The van der Waals surface area contributed by atoms with E-state index in [2.05, 4.69) is 10.4 Å². The standard InChI is InChI=1S/C25H23N3O3/c1-31-22-10-6-18(7-11-22)14-15-26-24(29)17-28-25(30)13-12-23(27-28)21-9-8-19-4-2-3-5-20(19)16-21/h2-13,16H,14-15,17H2,1H3,(H,26,29). The Hall–Kier alpha value is -3.93. The summed E-state index contributed by atoms with van der Waals surface area (Å²) in [4.78, 5) is 24.6. The lowest BCUT2D eigenvalue weighted by molar-refractivity contribution is -0.121. The Morgan fingerprint density at radius 3 is 2.52 bits per heavy atom. The fourth-order valence-corrected chi connectivity index (χ4v) is 3.40. The van der Waals surface area contributed by atoms with Crippen molar-refractivity contribution in [2.24, 2.45) is 0 Å². The monoisotopic (exact) mass is 413 g/mol. The molecule has 156 valence electrons. The summed E-state index contributed by atoms with van der Waals surface area (Å²) in [7, 11) is 1.63. The Balaban J connectivity index is 1.41. The highest BCUT2D eigenvalue weighted by atomic mass is 16.5. The van der Waals surface area contributed by atoms with Crippen LogP contribution in [-0.2, 0) is 17.8 Å². The van der Waals surface area contributed by atoms with Gasteiger partial charge in [0.25, 0.3) is 5.56 Å². The number of nitrogens with one attached hydrogen (secondary N) is 1. The Bertz CT molecular complexity index is 1260. The molecular weight excluding hydrogens is 390 g/mol. The zero-order valence-corrected chi connectivity index (χ0v) is 17.2. The largest absolute Gasteiger partial charge is 0.497 e. The van der Waals surface area contributed by atoms with Gasteiger partial charge >= 0.3 is 0 Å². The molecule has 0 atom stereocenters. The predicted molar refractivity (Wildman–Crippen MR) is 121 cm³/mol. The molecule has 0 aliphatic rings. The van der Waals surface area contributed by atoms with Crippen LogP contribution in [0.4, 0.5) is 0 Å². The van der Waals surface area contributed by atoms with Gasteiger partial charge in [0.1, 0.15) is 12.3 Å². The van der Waals surface area contributed by atoms with Crippen molar-refractivity contribution in [3.8, 4) is 17.0 Å². The maximum absolute atomic E-state index is 12.3. The van der Waals surface area contributed by atoms with Crippen molar-refractivity contribution in [3.63, 3.8) is 0 Å². The van der Waals surface area contributed by atoms with E-state index >= 15 is 0 Å². The smallest absolute Gasteiger partial charge is 0.267 e. The first-order valence-corrected chi connectivity index (χ1v) is 10.1. The fraction of sp³-hybridized carbons (Fsp3) is 0.160. The maximum Gasteiger partial charge on any atom is 0.267 e. The number of amides is 1. The molecule has 0 spiro atoms. The summed E-state index contributed by atoms with van der Waals surface area (Å²) in [6, 6.07) is 24.9. The lowest BCUT2D eigenvalue weighted by Gasteiger charge is -2.09. The lowest BCUT2D eigenvalue weighted by Crippen LogP contribution is -2.34. The zero-order valence-electron chi connectivity index (χ0n) is 17.2. The third-order valence-corrected chi connectivity index (χ3v) is 5.10. The van der Waals surface area contributed by atoms with Crippen LogP contribution in [0.15, 0.2) is 83.7 Å². The van der Waals surface area contributed by atoms with Crippen LogP contribution >= 0.6 is 0 Å². The van der Waals surface area contributed by atoms with Crippen molar-refractivity contribution in [3.05, 3.63) is 94.8 Å². The first-order chi connectivity index (χ1) is 15.1. The summed E-state index contributed by atoms with van der Waals surface area (Å²) in [6.07, 6.45) is 0.690. The van der Waals surface area contributed by atoms with Gasteiger partial charge in [0.2, 0.25) is 5.91 Å². The SMILES string of the molecule is COc1ccc(CCNC(=O)Cn2nc(-c3ccc4ccccc4c3)ccc2=O)cc1. The molecule has 4 rings (SSSR count). The first kappa shape index (κ1) is 20.3. The number of rotatable bonds is 7. The number of carbonyl (C=O) groups excluding carboxylic acids is 1. The van der Waals surface area contributed by atoms with E-state index in [1.165, 1.54) is 10.7 Å². The summed E-state index contributed by atoms with van der Waals surface area (Å²) < 4.78 is 6.34. The number of nitrogens with zero attached hydrogens (tertiary/aromatic N) is 2. The second-order valence-corrected chi connectivity index (χ2v) is 7.22. The molecule has 0 radical (unpaired) electrons. The highest BCUT2D eigenvalue weighted by Gasteiger charge is 2.08. The van der Waals surface area contributed by atoms with E-state index in [0.29, 0.717) is 18.7 Å². The van der Waals surface area contributed by atoms with Gasteiger partial charge in [0.15, 0.2) is 0 Å². The number of aromatic nitrogens is 2. The van der Waals surface area contributed by atoms with Gasteiger partial charge in [-0.2, -0.15) is 5.10 Å². The van der Waals surface area contributed by atoms with E-state index in [1.807, 2.05) is 66.7 Å². The quantitative estimate of drug-likeness (QED) is 0.504. The number of benzene rings is 3. The molecule has 0 fully saturated rings. The third-order valence-electron chi connectivity index (χ3n) is 5.10. The highest BCUT2D eigenvalue weighted by Crippen LogP contribution is 2.22. The van der Waals surface area contributed by atoms with Gasteiger partial charge in [-0.3, -0.25) is 9.59 Å². The molecule has 6 heteroatoms. The number of carbonyl (C=O) groups is 1.